The van der Waals surface area contributed by atoms with Crippen LogP contribution in [0.25, 0.3) is 0 Å². The molecule has 0 spiro atoms. The number of hydrogen-bond acceptors (Lipinski definition) is 2. The molecular weight excluding hydrogens is 356 g/mol. The summed E-state index contributed by atoms with van der Waals surface area (Å²) in [6.45, 7) is 0. The lowest BCUT2D eigenvalue weighted by Gasteiger charge is -2.12. The number of amides is 1. The van der Waals surface area contributed by atoms with Crippen molar-refractivity contribution in [3.05, 3.63) is 32.4 Å². The Labute approximate surface area is 116 Å². The number of carbonyl (C=O) groups excluding carboxylic acids is 1. The van der Waals surface area contributed by atoms with Gasteiger partial charge in [-0.15, -0.1) is 0 Å². The van der Waals surface area contributed by atoms with E-state index >= 15 is 0 Å². The quantitative estimate of drug-likeness (QED) is 0.808. The van der Waals surface area contributed by atoms with Crippen molar-refractivity contribution in [2.75, 3.05) is 0 Å². The van der Waals surface area contributed by atoms with Crippen LogP contribution in [0.15, 0.2) is 18.2 Å². The minimum Gasteiger partial charge on any atom is -0.480 e. The van der Waals surface area contributed by atoms with Gasteiger partial charge in [0.05, 0.1) is 5.02 Å². The van der Waals surface area contributed by atoms with Gasteiger partial charge in [-0.1, -0.05) is 11.6 Å². The molecule has 1 aliphatic carbocycles. The fraction of sp³-hybridized carbons (Fsp3) is 0.273. The Balaban J connectivity index is 2.15. The summed E-state index contributed by atoms with van der Waals surface area (Å²) in [6.07, 6.45) is 0.957. The highest BCUT2D eigenvalue weighted by molar-refractivity contribution is 14.1. The Bertz CT molecular complexity index is 499. The van der Waals surface area contributed by atoms with Crippen molar-refractivity contribution in [3.8, 4) is 0 Å². The first-order valence-electron chi connectivity index (χ1n) is 4.95. The molecule has 1 aromatic rings. The standard InChI is InChI=1S/C11H9ClINO3/c12-7-5-6(1-2-8(7)13)9(15)14-11(3-4-11)10(16)17/h1-2,5H,3-4H2,(H,14,15)(H,16,17). The summed E-state index contributed by atoms with van der Waals surface area (Å²) < 4.78 is 0.847. The maximum absolute atomic E-state index is 11.8. The van der Waals surface area contributed by atoms with Crippen molar-refractivity contribution < 1.29 is 14.7 Å². The van der Waals surface area contributed by atoms with Crippen LogP contribution in [-0.2, 0) is 4.79 Å². The van der Waals surface area contributed by atoms with E-state index in [2.05, 4.69) is 27.9 Å². The molecule has 0 aliphatic heterocycles. The molecule has 17 heavy (non-hydrogen) atoms. The van der Waals surface area contributed by atoms with Gasteiger partial charge in [0, 0.05) is 9.13 Å². The van der Waals surface area contributed by atoms with E-state index < -0.39 is 17.4 Å². The van der Waals surface area contributed by atoms with E-state index in [1.807, 2.05) is 0 Å². The second-order valence-corrected chi connectivity index (χ2v) is 5.54. The van der Waals surface area contributed by atoms with Crippen LogP contribution in [0.5, 0.6) is 0 Å². The normalized spacial score (nSPS) is 16.4. The molecule has 0 heterocycles. The maximum atomic E-state index is 11.8. The topological polar surface area (TPSA) is 66.4 Å². The molecule has 0 atom stereocenters. The number of hydrogen-bond donors (Lipinski definition) is 2. The molecule has 6 heteroatoms. The summed E-state index contributed by atoms with van der Waals surface area (Å²) in [7, 11) is 0. The van der Waals surface area contributed by atoms with E-state index in [-0.39, 0.29) is 0 Å². The predicted octanol–water partition coefficient (Wildman–Crippen LogP) is 2.29. The Morgan fingerprint density at radius 3 is 2.53 bits per heavy atom. The summed E-state index contributed by atoms with van der Waals surface area (Å²) in [5.74, 6) is -1.38. The highest BCUT2D eigenvalue weighted by atomic mass is 127. The summed E-state index contributed by atoms with van der Waals surface area (Å²) >= 11 is 7.96. The molecule has 1 aromatic carbocycles. The van der Waals surface area contributed by atoms with Crippen molar-refractivity contribution in [3.63, 3.8) is 0 Å². The van der Waals surface area contributed by atoms with Crippen molar-refractivity contribution in [1.82, 2.24) is 5.32 Å². The van der Waals surface area contributed by atoms with Crippen molar-refractivity contribution in [2.24, 2.45) is 0 Å². The Kier molecular flexibility index (Phi) is 3.31. The molecule has 0 unspecified atom stereocenters. The van der Waals surface area contributed by atoms with Crippen LogP contribution in [0.1, 0.15) is 23.2 Å². The zero-order valence-electron chi connectivity index (χ0n) is 8.67. The van der Waals surface area contributed by atoms with Gasteiger partial charge in [0.15, 0.2) is 0 Å². The van der Waals surface area contributed by atoms with Crippen molar-refractivity contribution >= 4 is 46.1 Å². The fourth-order valence-electron chi connectivity index (χ4n) is 1.44. The molecule has 2 N–H and O–H groups in total. The largest absolute Gasteiger partial charge is 0.480 e. The minimum atomic E-state index is -1.06. The second-order valence-electron chi connectivity index (χ2n) is 3.97. The van der Waals surface area contributed by atoms with E-state index in [9.17, 15) is 9.59 Å². The number of benzene rings is 1. The fourth-order valence-corrected chi connectivity index (χ4v) is 1.96. The molecule has 0 radical (unpaired) electrons. The highest BCUT2D eigenvalue weighted by Crippen LogP contribution is 2.35. The lowest BCUT2D eigenvalue weighted by molar-refractivity contribution is -0.140. The zero-order valence-corrected chi connectivity index (χ0v) is 11.6. The number of nitrogens with one attached hydrogen (secondary N) is 1. The van der Waals surface area contributed by atoms with Crippen molar-refractivity contribution in [2.45, 2.75) is 18.4 Å². The monoisotopic (exact) mass is 365 g/mol. The minimum absolute atomic E-state index is 0.378. The molecule has 0 saturated heterocycles. The van der Waals surface area contributed by atoms with Gasteiger partial charge < -0.3 is 10.4 Å². The smallest absolute Gasteiger partial charge is 0.329 e. The zero-order chi connectivity index (χ0) is 12.6. The van der Waals surface area contributed by atoms with E-state index in [4.69, 9.17) is 16.7 Å². The second kappa shape index (κ2) is 4.45. The summed E-state index contributed by atoms with van der Waals surface area (Å²) in [5.41, 5.74) is -0.685. The van der Waals surface area contributed by atoms with E-state index in [1.54, 1.807) is 12.1 Å². The van der Waals surface area contributed by atoms with Gasteiger partial charge in [-0.25, -0.2) is 4.79 Å². The lowest BCUT2D eigenvalue weighted by atomic mass is 10.2. The van der Waals surface area contributed by atoms with Gasteiger partial charge >= 0.3 is 5.97 Å². The Morgan fingerprint density at radius 1 is 1.41 bits per heavy atom. The van der Waals surface area contributed by atoms with Crippen molar-refractivity contribution in [1.29, 1.82) is 0 Å². The Hall–Kier alpha value is -0.820. The van der Waals surface area contributed by atoms with Gasteiger partial charge in [0.2, 0.25) is 0 Å². The van der Waals surface area contributed by atoms with E-state index in [1.165, 1.54) is 6.07 Å². The lowest BCUT2D eigenvalue weighted by Crippen LogP contribution is -2.43. The summed E-state index contributed by atoms with van der Waals surface area (Å²) in [5, 5.41) is 12.0. The number of halogens is 2. The number of rotatable bonds is 3. The van der Waals surface area contributed by atoms with Gasteiger partial charge in [-0.3, -0.25) is 4.79 Å². The molecule has 1 fully saturated rings. The Morgan fingerprint density at radius 2 is 2.06 bits per heavy atom. The van der Waals surface area contributed by atoms with Gasteiger partial charge in [0.25, 0.3) is 5.91 Å². The third-order valence-electron chi connectivity index (χ3n) is 2.69. The highest BCUT2D eigenvalue weighted by Gasteiger charge is 2.51. The first-order chi connectivity index (χ1) is 7.94. The third kappa shape index (κ3) is 2.55. The molecule has 1 saturated carbocycles. The molecule has 0 bridgehead atoms. The van der Waals surface area contributed by atoms with Crippen LogP contribution >= 0.6 is 34.2 Å². The molecule has 0 aromatic heterocycles. The molecule has 2 rings (SSSR count). The van der Waals surface area contributed by atoms with Crippen LogP contribution < -0.4 is 5.32 Å². The van der Waals surface area contributed by atoms with E-state index in [0.29, 0.717) is 23.4 Å². The number of carbonyl (C=O) groups is 2. The molecular formula is C11H9ClINO3. The van der Waals surface area contributed by atoms with Crippen LogP contribution in [-0.4, -0.2) is 22.5 Å². The summed E-state index contributed by atoms with van der Waals surface area (Å²) in [6, 6.07) is 4.88. The first-order valence-corrected chi connectivity index (χ1v) is 6.41. The summed E-state index contributed by atoms with van der Waals surface area (Å²) in [4.78, 5) is 22.8. The maximum Gasteiger partial charge on any atom is 0.329 e. The SMILES string of the molecule is O=C(NC1(C(=O)O)CC1)c1ccc(I)c(Cl)c1. The molecule has 90 valence electrons. The van der Waals surface area contributed by atoms with E-state index in [0.717, 1.165) is 3.57 Å². The molecule has 1 aliphatic rings. The average molecular weight is 366 g/mol. The van der Waals surface area contributed by atoms with Crippen LogP contribution in [0, 0.1) is 3.57 Å². The van der Waals surface area contributed by atoms with Crippen LogP contribution in [0.2, 0.25) is 5.02 Å². The number of aliphatic carboxylic acids is 1. The first kappa shape index (κ1) is 12.6. The van der Waals surface area contributed by atoms with Gasteiger partial charge in [0.1, 0.15) is 5.54 Å². The van der Waals surface area contributed by atoms with Crippen LogP contribution in [0.4, 0.5) is 0 Å². The average Bonchev–Trinajstić information content (AvgIpc) is 3.03. The number of carboxylic acids is 1. The van der Waals surface area contributed by atoms with Crippen LogP contribution in [0.3, 0.4) is 0 Å². The third-order valence-corrected chi connectivity index (χ3v) is 4.27. The predicted molar refractivity (Wildman–Crippen MR) is 71.2 cm³/mol. The number of carboxylic acid groups (broad SMARTS) is 1. The molecule has 1 amide bonds. The molecule has 4 nitrogen and oxygen atoms in total. The van der Waals surface area contributed by atoms with Gasteiger partial charge in [-0.2, -0.15) is 0 Å². The van der Waals surface area contributed by atoms with Gasteiger partial charge in [-0.05, 0) is 53.6 Å².